The molecule has 0 spiro atoms. The molecule has 7 heteroatoms. The smallest absolute Gasteiger partial charge is 0.295 e. The van der Waals surface area contributed by atoms with Gasteiger partial charge in [-0.3, -0.25) is 14.6 Å². The maximum Gasteiger partial charge on any atom is 0.295 e. The van der Waals surface area contributed by atoms with Crippen molar-refractivity contribution in [3.8, 4) is 5.75 Å². The molecular weight excluding hydrogens is 411 g/mol. The van der Waals surface area contributed by atoms with Gasteiger partial charge in [0.1, 0.15) is 17.3 Å². The molecule has 1 aliphatic rings. The molecule has 1 N–H and O–H groups in total. The minimum Gasteiger partial charge on any atom is -0.507 e. The Morgan fingerprint density at radius 1 is 1.16 bits per heavy atom. The molecule has 0 bridgehead atoms. The average Bonchev–Trinajstić information content (AvgIpc) is 3.05. The van der Waals surface area contributed by atoms with Gasteiger partial charge in [-0.05, 0) is 48.4 Å². The van der Waals surface area contributed by atoms with Crippen LogP contribution in [0.3, 0.4) is 0 Å². The number of methoxy groups -OCH3 is 1. The summed E-state index contributed by atoms with van der Waals surface area (Å²) in [6.45, 7) is 1.91. The number of aromatic nitrogens is 1. The summed E-state index contributed by atoms with van der Waals surface area (Å²) in [5, 5.41) is 11.2. The normalized spacial score (nSPS) is 17.6. The van der Waals surface area contributed by atoms with Gasteiger partial charge < -0.3 is 14.7 Å². The van der Waals surface area contributed by atoms with Gasteiger partial charge in [0.2, 0.25) is 0 Å². The first-order valence-corrected chi connectivity index (χ1v) is 9.98. The van der Waals surface area contributed by atoms with Gasteiger partial charge in [-0.2, -0.15) is 0 Å². The number of ether oxygens (including phenoxy) is 1. The first kappa shape index (κ1) is 21.2. The summed E-state index contributed by atoms with van der Waals surface area (Å²) in [7, 11) is 1.47. The molecule has 32 heavy (non-hydrogen) atoms. The summed E-state index contributed by atoms with van der Waals surface area (Å²) in [6, 6.07) is 13.5. The van der Waals surface area contributed by atoms with Crippen molar-refractivity contribution in [1.82, 2.24) is 9.88 Å². The van der Waals surface area contributed by atoms with Crippen LogP contribution < -0.4 is 4.74 Å². The van der Waals surface area contributed by atoms with E-state index in [9.17, 15) is 19.1 Å². The summed E-state index contributed by atoms with van der Waals surface area (Å²) in [4.78, 5) is 31.6. The van der Waals surface area contributed by atoms with E-state index in [1.54, 1.807) is 48.8 Å². The van der Waals surface area contributed by atoms with Crippen molar-refractivity contribution in [1.29, 1.82) is 0 Å². The quantitative estimate of drug-likeness (QED) is 0.372. The summed E-state index contributed by atoms with van der Waals surface area (Å²) in [5.74, 6) is -1.90. The van der Waals surface area contributed by atoms with Crippen molar-refractivity contribution in [3.63, 3.8) is 0 Å². The number of hydrogen-bond donors (Lipinski definition) is 1. The lowest BCUT2D eigenvalue weighted by Gasteiger charge is -2.25. The lowest BCUT2D eigenvalue weighted by atomic mass is 9.95. The number of aryl methyl sites for hydroxylation is 1. The van der Waals surface area contributed by atoms with E-state index in [1.807, 2.05) is 13.0 Å². The first-order chi connectivity index (χ1) is 15.4. The largest absolute Gasteiger partial charge is 0.507 e. The minimum absolute atomic E-state index is 0.0472. The molecule has 2 heterocycles. The van der Waals surface area contributed by atoms with Gasteiger partial charge in [-0.25, -0.2) is 4.39 Å². The molecule has 1 saturated heterocycles. The van der Waals surface area contributed by atoms with Crippen LogP contribution in [0.5, 0.6) is 5.75 Å². The van der Waals surface area contributed by atoms with Crippen LogP contribution in [-0.2, 0) is 16.1 Å². The number of carbonyl (C=O) groups is 2. The van der Waals surface area contributed by atoms with Crippen LogP contribution in [0.25, 0.3) is 5.76 Å². The van der Waals surface area contributed by atoms with Crippen LogP contribution in [-0.4, -0.2) is 33.8 Å². The third kappa shape index (κ3) is 3.85. The predicted octanol–water partition coefficient (Wildman–Crippen LogP) is 4.16. The molecule has 4 rings (SSSR count). The number of aliphatic hydroxyl groups is 1. The number of pyridine rings is 1. The zero-order chi connectivity index (χ0) is 22.8. The minimum atomic E-state index is -0.862. The number of likely N-dealkylation sites (tertiary alicyclic amines) is 1. The van der Waals surface area contributed by atoms with Crippen molar-refractivity contribution in [2.24, 2.45) is 0 Å². The Morgan fingerprint density at radius 2 is 1.91 bits per heavy atom. The Bertz CT molecular complexity index is 1210. The maximum atomic E-state index is 13.3. The zero-order valence-electron chi connectivity index (χ0n) is 17.6. The number of rotatable bonds is 5. The molecule has 0 saturated carbocycles. The van der Waals surface area contributed by atoms with E-state index < -0.39 is 23.5 Å². The van der Waals surface area contributed by atoms with Crippen LogP contribution >= 0.6 is 0 Å². The third-order valence-corrected chi connectivity index (χ3v) is 5.42. The number of aliphatic hydroxyl groups excluding tert-OH is 1. The van der Waals surface area contributed by atoms with E-state index in [1.165, 1.54) is 24.1 Å². The standard InChI is InChI=1S/C25H21FN2O4/c1-15-5-10-20(32-2)19(12-15)23(29)21-22(17-4-3-11-27-13-17)28(25(31)24(21)30)14-16-6-8-18(26)9-7-16/h3-13,22,29H,14H2,1-2H3/b23-21+. The Kier molecular flexibility index (Phi) is 5.73. The molecule has 0 aliphatic carbocycles. The van der Waals surface area contributed by atoms with Crippen LogP contribution in [0.2, 0.25) is 0 Å². The lowest BCUT2D eigenvalue weighted by Crippen LogP contribution is -2.29. The van der Waals surface area contributed by atoms with Crippen LogP contribution in [0.1, 0.15) is 28.3 Å². The number of Topliss-reactive ketones (excluding diaryl/α,β-unsaturated/α-hetero) is 1. The van der Waals surface area contributed by atoms with E-state index in [-0.39, 0.29) is 17.9 Å². The Hall–Kier alpha value is -4.00. The fourth-order valence-corrected chi connectivity index (χ4v) is 3.87. The molecule has 1 aromatic heterocycles. The van der Waals surface area contributed by atoms with Gasteiger partial charge >= 0.3 is 0 Å². The number of carbonyl (C=O) groups excluding carboxylic acids is 2. The highest BCUT2D eigenvalue weighted by atomic mass is 19.1. The molecule has 1 atom stereocenters. The third-order valence-electron chi connectivity index (χ3n) is 5.42. The van der Waals surface area contributed by atoms with Crippen molar-refractivity contribution in [3.05, 3.63) is 101 Å². The molecule has 1 amide bonds. The van der Waals surface area contributed by atoms with Gasteiger partial charge in [0.05, 0.1) is 24.3 Å². The number of ketones is 1. The van der Waals surface area contributed by atoms with E-state index in [2.05, 4.69) is 4.98 Å². The average molecular weight is 432 g/mol. The second-order valence-electron chi connectivity index (χ2n) is 7.54. The predicted molar refractivity (Wildman–Crippen MR) is 116 cm³/mol. The molecule has 3 aromatic rings. The van der Waals surface area contributed by atoms with Crippen molar-refractivity contribution >= 4 is 17.4 Å². The van der Waals surface area contributed by atoms with E-state index in [4.69, 9.17) is 4.74 Å². The van der Waals surface area contributed by atoms with Crippen molar-refractivity contribution in [2.75, 3.05) is 7.11 Å². The van der Waals surface area contributed by atoms with Gasteiger partial charge in [-0.15, -0.1) is 0 Å². The van der Waals surface area contributed by atoms with E-state index in [0.717, 1.165) is 5.56 Å². The Morgan fingerprint density at radius 3 is 2.56 bits per heavy atom. The summed E-state index contributed by atoms with van der Waals surface area (Å²) in [6.07, 6.45) is 3.13. The summed E-state index contributed by atoms with van der Waals surface area (Å²) in [5.41, 5.74) is 2.35. The molecule has 6 nitrogen and oxygen atoms in total. The Labute approximate surface area is 184 Å². The summed E-state index contributed by atoms with van der Waals surface area (Å²) >= 11 is 0. The fraction of sp³-hybridized carbons (Fsp3) is 0.160. The lowest BCUT2D eigenvalue weighted by molar-refractivity contribution is -0.140. The zero-order valence-corrected chi connectivity index (χ0v) is 17.6. The first-order valence-electron chi connectivity index (χ1n) is 9.98. The topological polar surface area (TPSA) is 79.7 Å². The van der Waals surface area contributed by atoms with E-state index in [0.29, 0.717) is 22.4 Å². The number of benzene rings is 2. The maximum absolute atomic E-state index is 13.3. The molecular formula is C25H21FN2O4. The van der Waals surface area contributed by atoms with Crippen molar-refractivity contribution < 1.29 is 23.8 Å². The summed E-state index contributed by atoms with van der Waals surface area (Å²) < 4.78 is 18.7. The number of halogens is 1. The second-order valence-corrected chi connectivity index (χ2v) is 7.54. The highest BCUT2D eigenvalue weighted by Crippen LogP contribution is 2.41. The second kappa shape index (κ2) is 8.63. The molecule has 2 aromatic carbocycles. The van der Waals surface area contributed by atoms with Gasteiger partial charge in [0.25, 0.3) is 11.7 Å². The number of nitrogens with zero attached hydrogens (tertiary/aromatic N) is 2. The van der Waals surface area contributed by atoms with E-state index >= 15 is 0 Å². The molecule has 1 aliphatic heterocycles. The van der Waals surface area contributed by atoms with Gasteiger partial charge in [0, 0.05) is 18.9 Å². The van der Waals surface area contributed by atoms with Crippen LogP contribution in [0.4, 0.5) is 4.39 Å². The fourth-order valence-electron chi connectivity index (χ4n) is 3.87. The molecule has 162 valence electrons. The highest BCUT2D eigenvalue weighted by molar-refractivity contribution is 6.46. The highest BCUT2D eigenvalue weighted by Gasteiger charge is 2.46. The molecule has 1 unspecified atom stereocenters. The SMILES string of the molecule is COc1ccc(C)cc1/C(O)=C1\C(=O)C(=O)N(Cc2ccc(F)cc2)C1c1cccnc1. The van der Waals surface area contributed by atoms with Gasteiger partial charge in [0.15, 0.2) is 0 Å². The van der Waals surface area contributed by atoms with Crippen LogP contribution in [0, 0.1) is 12.7 Å². The monoisotopic (exact) mass is 432 g/mol. The van der Waals surface area contributed by atoms with Gasteiger partial charge in [-0.1, -0.05) is 29.8 Å². The van der Waals surface area contributed by atoms with Crippen LogP contribution in [0.15, 0.2) is 72.6 Å². The Balaban J connectivity index is 1.88. The number of amides is 1. The van der Waals surface area contributed by atoms with Crippen molar-refractivity contribution in [2.45, 2.75) is 19.5 Å². The molecule has 1 fully saturated rings. The number of hydrogen-bond acceptors (Lipinski definition) is 5. The molecule has 0 radical (unpaired) electrons.